The number of methoxy groups -OCH3 is 2. The third-order valence-electron chi connectivity index (χ3n) is 6.09. The van der Waals surface area contributed by atoms with Gasteiger partial charge < -0.3 is 31.4 Å². The monoisotopic (exact) mass is 505 g/mol. The molecule has 0 unspecified atom stereocenters. The van der Waals surface area contributed by atoms with E-state index in [4.69, 9.17) is 18.9 Å². The highest BCUT2D eigenvalue weighted by Crippen LogP contribution is 2.45. The molecule has 0 radical (unpaired) electrons. The Hall–Kier alpha value is -2.18. The van der Waals surface area contributed by atoms with Crippen molar-refractivity contribution in [1.82, 2.24) is 0 Å². The van der Waals surface area contributed by atoms with E-state index < -0.39 is 0 Å². The van der Waals surface area contributed by atoms with Crippen LogP contribution in [0.4, 0.5) is 0 Å². The smallest absolute Gasteiger partial charge is 0.231 e. The summed E-state index contributed by atoms with van der Waals surface area (Å²) in [4.78, 5) is 0. The second-order valence-electron chi connectivity index (χ2n) is 7.73. The van der Waals surface area contributed by atoms with Crippen LogP contribution in [0.3, 0.4) is 0 Å². The molecule has 31 heavy (non-hydrogen) atoms. The highest BCUT2D eigenvalue weighted by Gasteiger charge is 2.33. The summed E-state index contributed by atoms with van der Waals surface area (Å²) in [6.07, 6.45) is 4.19. The molecule has 3 aromatic rings. The van der Waals surface area contributed by atoms with Crippen LogP contribution in [-0.4, -0.2) is 21.0 Å². The minimum absolute atomic E-state index is 0. The summed E-state index contributed by atoms with van der Waals surface area (Å²) in [7, 11) is 3.40. The maximum absolute atomic E-state index is 5.85. The average Bonchev–Trinajstić information content (AvgIpc) is 3.22. The van der Waals surface area contributed by atoms with Crippen molar-refractivity contribution in [2.45, 2.75) is 39.2 Å². The third-order valence-corrected chi connectivity index (χ3v) is 6.75. The topological polar surface area (TPSA) is 40.8 Å². The molecule has 0 spiro atoms. The summed E-state index contributed by atoms with van der Waals surface area (Å²) in [6, 6.07) is 8.52. The highest BCUT2D eigenvalue weighted by atomic mass is 79.9. The molecule has 1 aromatic heterocycles. The largest absolute Gasteiger partial charge is 1.00 e. The summed E-state index contributed by atoms with van der Waals surface area (Å²) < 4.78 is 26.2. The zero-order chi connectivity index (χ0) is 20.8. The molecule has 164 valence electrons. The molecule has 5 nitrogen and oxygen atoms in total. The Morgan fingerprint density at radius 2 is 1.84 bits per heavy atom. The first-order valence-corrected chi connectivity index (χ1v) is 11.2. The third kappa shape index (κ3) is 3.50. The van der Waals surface area contributed by atoms with Gasteiger partial charge in [-0.1, -0.05) is 29.3 Å². The van der Waals surface area contributed by atoms with Gasteiger partial charge in [0.25, 0.3) is 0 Å². The van der Waals surface area contributed by atoms with E-state index in [1.54, 1.807) is 14.2 Å². The van der Waals surface area contributed by atoms with E-state index in [-0.39, 0.29) is 12.4 Å². The van der Waals surface area contributed by atoms with Crippen LogP contribution in [0.25, 0.3) is 22.0 Å². The standard InChI is InChI=1S/C24H25BrNO4.ClH/c1-4-5-6-18-23-16(17(25)12-22(27-2)24(23)28-3)10-19-15-11-21-20(29-13-30-21)9-14(15)7-8-26(18)19;/h9-12H,4-8,13H2,1-3H3;1H/q+1;/p-1. The molecule has 0 saturated carbocycles. The zero-order valence-corrected chi connectivity index (χ0v) is 20.2. The Bertz CT molecular complexity index is 1160. The van der Waals surface area contributed by atoms with Gasteiger partial charge in [-0.05, 0) is 30.2 Å². The number of aryl methyl sites for hydroxylation is 2. The fraction of sp³-hybridized carbons (Fsp3) is 0.375. The first kappa shape index (κ1) is 22.0. The molecule has 0 aliphatic carbocycles. The maximum Gasteiger partial charge on any atom is 0.231 e. The lowest BCUT2D eigenvalue weighted by atomic mass is 9.93. The molecule has 5 rings (SSSR count). The van der Waals surface area contributed by atoms with Crippen LogP contribution in [0.2, 0.25) is 0 Å². The van der Waals surface area contributed by atoms with Gasteiger partial charge in [-0.25, -0.2) is 0 Å². The number of nitrogens with zero attached hydrogens (tertiary/aromatic N) is 1. The molecule has 0 amide bonds. The van der Waals surface area contributed by atoms with E-state index in [1.807, 2.05) is 6.07 Å². The summed E-state index contributed by atoms with van der Waals surface area (Å²) >= 11 is 3.78. The molecule has 0 N–H and O–H groups in total. The van der Waals surface area contributed by atoms with Gasteiger partial charge in [-0.3, -0.25) is 0 Å². The summed E-state index contributed by atoms with van der Waals surface area (Å²) in [5.74, 6) is 3.22. The van der Waals surface area contributed by atoms with Crippen LogP contribution < -0.4 is 35.9 Å². The molecule has 0 atom stereocenters. The van der Waals surface area contributed by atoms with Gasteiger partial charge in [0.15, 0.2) is 35.2 Å². The SMILES string of the molecule is CCCCc1c2c(OC)c(OC)cc(Br)c2cc2[n+]1CCc1cc3c(cc1-2)OCO3.[Cl-]. The Morgan fingerprint density at radius 3 is 2.55 bits per heavy atom. The number of hydrogen-bond acceptors (Lipinski definition) is 4. The number of hydrogen-bond donors (Lipinski definition) is 0. The fourth-order valence-corrected chi connectivity index (χ4v) is 5.17. The van der Waals surface area contributed by atoms with Crippen molar-refractivity contribution in [1.29, 1.82) is 0 Å². The highest BCUT2D eigenvalue weighted by molar-refractivity contribution is 9.10. The quantitative estimate of drug-likeness (QED) is 0.498. The Kier molecular flexibility index (Phi) is 6.22. The van der Waals surface area contributed by atoms with Crippen LogP contribution in [0.5, 0.6) is 23.0 Å². The number of halogens is 2. The van der Waals surface area contributed by atoms with E-state index in [2.05, 4.69) is 45.6 Å². The van der Waals surface area contributed by atoms with Gasteiger partial charge in [0, 0.05) is 28.8 Å². The van der Waals surface area contributed by atoms with Crippen molar-refractivity contribution >= 4 is 26.7 Å². The van der Waals surface area contributed by atoms with Gasteiger partial charge in [0.2, 0.25) is 12.5 Å². The maximum atomic E-state index is 5.85. The molecule has 3 heterocycles. The van der Waals surface area contributed by atoms with E-state index in [1.165, 1.54) is 22.5 Å². The second kappa shape index (κ2) is 8.75. The number of ether oxygens (including phenoxy) is 4. The summed E-state index contributed by atoms with van der Waals surface area (Å²) in [6.45, 7) is 3.45. The Balaban J connectivity index is 0.00000231. The molecule has 0 bridgehead atoms. The van der Waals surface area contributed by atoms with Gasteiger partial charge in [-0.15, -0.1) is 0 Å². The normalized spacial score (nSPS) is 13.4. The van der Waals surface area contributed by atoms with E-state index >= 15 is 0 Å². The molecule has 0 fully saturated rings. The van der Waals surface area contributed by atoms with Crippen LogP contribution in [0, 0.1) is 0 Å². The number of fused-ring (bicyclic) bond motifs is 5. The Labute approximate surface area is 196 Å². The Morgan fingerprint density at radius 1 is 1.06 bits per heavy atom. The predicted molar refractivity (Wildman–Crippen MR) is 119 cm³/mol. The van der Waals surface area contributed by atoms with Crippen molar-refractivity contribution in [3.63, 3.8) is 0 Å². The van der Waals surface area contributed by atoms with Crippen molar-refractivity contribution in [2.24, 2.45) is 0 Å². The van der Waals surface area contributed by atoms with Gasteiger partial charge >= 0.3 is 0 Å². The minimum Gasteiger partial charge on any atom is -1.00 e. The van der Waals surface area contributed by atoms with E-state index in [0.29, 0.717) is 6.79 Å². The zero-order valence-electron chi connectivity index (χ0n) is 17.9. The molecular weight excluding hydrogens is 482 g/mol. The second-order valence-corrected chi connectivity index (χ2v) is 8.58. The van der Waals surface area contributed by atoms with Crippen molar-refractivity contribution in [3.8, 4) is 34.3 Å². The number of unbranched alkanes of at least 4 members (excludes halogenated alkanes) is 1. The number of aromatic nitrogens is 1. The lowest BCUT2D eigenvalue weighted by Crippen LogP contribution is -3.00. The van der Waals surface area contributed by atoms with Crippen molar-refractivity contribution < 1.29 is 35.9 Å². The number of pyridine rings is 1. The van der Waals surface area contributed by atoms with Crippen LogP contribution in [0.1, 0.15) is 31.0 Å². The molecule has 2 aliphatic heterocycles. The molecule has 2 aliphatic rings. The number of benzene rings is 2. The molecular formula is C24H25BrClNO4. The lowest BCUT2D eigenvalue weighted by Gasteiger charge is -2.21. The molecule has 7 heteroatoms. The minimum atomic E-state index is 0. The first-order valence-electron chi connectivity index (χ1n) is 10.4. The fourth-order valence-electron chi connectivity index (χ4n) is 4.64. The van der Waals surface area contributed by atoms with E-state index in [0.717, 1.165) is 70.5 Å². The number of rotatable bonds is 5. The van der Waals surface area contributed by atoms with E-state index in [9.17, 15) is 0 Å². The molecule has 0 saturated heterocycles. The van der Waals surface area contributed by atoms with Crippen molar-refractivity contribution in [3.05, 3.63) is 40.0 Å². The lowest BCUT2D eigenvalue weighted by molar-refractivity contribution is -0.693. The van der Waals surface area contributed by atoms with Gasteiger partial charge in [-0.2, -0.15) is 4.57 Å². The van der Waals surface area contributed by atoms with Gasteiger partial charge in [0.05, 0.1) is 25.2 Å². The van der Waals surface area contributed by atoms with Crippen LogP contribution in [0.15, 0.2) is 28.7 Å². The van der Waals surface area contributed by atoms with Crippen molar-refractivity contribution in [2.75, 3.05) is 21.0 Å². The summed E-state index contributed by atoms with van der Waals surface area (Å²) in [5.41, 5.74) is 5.02. The average molecular weight is 507 g/mol. The van der Waals surface area contributed by atoms with Crippen LogP contribution >= 0.6 is 15.9 Å². The van der Waals surface area contributed by atoms with Gasteiger partial charge in [0.1, 0.15) is 0 Å². The summed E-state index contributed by atoms with van der Waals surface area (Å²) in [5, 5.41) is 2.26. The first-order chi connectivity index (χ1) is 14.7. The predicted octanol–water partition coefficient (Wildman–Crippen LogP) is 2.21. The molecule has 2 aromatic carbocycles. The van der Waals surface area contributed by atoms with Crippen LogP contribution in [-0.2, 0) is 19.4 Å².